The van der Waals surface area contributed by atoms with Crippen LogP contribution in [0, 0.1) is 0 Å². The second kappa shape index (κ2) is 8.66. The average molecular weight is 373 g/mol. The Morgan fingerprint density at radius 3 is 2.42 bits per heavy atom. The van der Waals surface area contributed by atoms with E-state index in [4.69, 9.17) is 0 Å². The Morgan fingerprint density at radius 1 is 1.15 bits per heavy atom. The molecule has 5 nitrogen and oxygen atoms in total. The summed E-state index contributed by atoms with van der Waals surface area (Å²) in [5, 5.41) is 5.07. The minimum absolute atomic E-state index is 0.0176. The molecule has 6 heteroatoms. The Balaban J connectivity index is 1.73. The lowest BCUT2D eigenvalue weighted by molar-refractivity contribution is 0.0889. The van der Waals surface area contributed by atoms with Crippen molar-refractivity contribution in [2.75, 3.05) is 58.8 Å². The molecule has 1 unspecified atom stereocenters. The predicted molar refractivity (Wildman–Crippen MR) is 109 cm³/mol. The van der Waals surface area contributed by atoms with Gasteiger partial charge in [-0.1, -0.05) is 18.2 Å². The molecule has 3 rings (SSSR count). The lowest BCUT2D eigenvalue weighted by Gasteiger charge is -2.38. The summed E-state index contributed by atoms with van der Waals surface area (Å²) in [6.07, 6.45) is 0. The number of likely N-dealkylation sites (N-methyl/N-ethyl adjacent to an activating group) is 1. The quantitative estimate of drug-likeness (QED) is 0.846. The second-order valence-corrected chi connectivity index (χ2v) is 7.98. The number of amides is 1. The fourth-order valence-corrected chi connectivity index (χ4v) is 3.91. The van der Waals surface area contributed by atoms with Crippen molar-refractivity contribution in [1.29, 1.82) is 0 Å². The summed E-state index contributed by atoms with van der Waals surface area (Å²) in [5.74, 6) is 0.0176. The third-order valence-corrected chi connectivity index (χ3v) is 5.84. The number of thiophene rings is 1. The molecule has 1 amide bonds. The average Bonchev–Trinajstić information content (AvgIpc) is 3.18. The van der Waals surface area contributed by atoms with Gasteiger partial charge in [-0.2, -0.15) is 0 Å². The largest absolute Gasteiger partial charge is 0.378 e. The Bertz CT molecular complexity index is 691. The van der Waals surface area contributed by atoms with Gasteiger partial charge in [0.15, 0.2) is 0 Å². The molecule has 0 saturated carbocycles. The zero-order valence-electron chi connectivity index (χ0n) is 15.8. The van der Waals surface area contributed by atoms with Gasteiger partial charge in [-0.05, 0) is 36.2 Å². The van der Waals surface area contributed by atoms with Crippen molar-refractivity contribution in [2.24, 2.45) is 0 Å². The lowest BCUT2D eigenvalue weighted by Crippen LogP contribution is -2.48. The number of benzene rings is 1. The van der Waals surface area contributed by atoms with Gasteiger partial charge in [0.25, 0.3) is 5.91 Å². The maximum Gasteiger partial charge on any atom is 0.261 e. The molecule has 0 spiro atoms. The highest BCUT2D eigenvalue weighted by Crippen LogP contribution is 2.24. The van der Waals surface area contributed by atoms with Crippen molar-refractivity contribution in [3.63, 3.8) is 0 Å². The molecular formula is C20H28N4OS. The van der Waals surface area contributed by atoms with Gasteiger partial charge in [-0.25, -0.2) is 0 Å². The monoisotopic (exact) mass is 372 g/mol. The molecule has 2 heterocycles. The maximum atomic E-state index is 12.4. The van der Waals surface area contributed by atoms with Crippen molar-refractivity contribution < 1.29 is 4.79 Å². The molecule has 140 valence electrons. The van der Waals surface area contributed by atoms with Crippen LogP contribution in [0.3, 0.4) is 0 Å². The molecule has 1 aliphatic rings. The molecule has 1 saturated heterocycles. The Hall–Kier alpha value is -1.89. The van der Waals surface area contributed by atoms with Gasteiger partial charge in [0.1, 0.15) is 0 Å². The summed E-state index contributed by atoms with van der Waals surface area (Å²) >= 11 is 1.48. The summed E-state index contributed by atoms with van der Waals surface area (Å²) in [5.41, 5.74) is 2.44. The fraction of sp³-hybridized carbons (Fsp3) is 0.450. The third kappa shape index (κ3) is 4.63. The highest BCUT2D eigenvalue weighted by molar-refractivity contribution is 7.12. The van der Waals surface area contributed by atoms with Crippen molar-refractivity contribution in [1.82, 2.24) is 15.1 Å². The number of carbonyl (C=O) groups excluding carboxylic acids is 1. The van der Waals surface area contributed by atoms with E-state index in [2.05, 4.69) is 51.3 Å². The molecule has 0 radical (unpaired) electrons. The van der Waals surface area contributed by atoms with Gasteiger partial charge < -0.3 is 15.1 Å². The SMILES string of the molecule is CN1CCN(C(CNC(=O)c2cccs2)c2ccc(N(C)C)cc2)CC1. The molecular weight excluding hydrogens is 344 g/mol. The highest BCUT2D eigenvalue weighted by atomic mass is 32.1. The Labute approximate surface area is 160 Å². The first kappa shape index (κ1) is 18.9. The van der Waals surface area contributed by atoms with Crippen molar-refractivity contribution in [3.8, 4) is 0 Å². The summed E-state index contributed by atoms with van der Waals surface area (Å²) < 4.78 is 0. The van der Waals surface area contributed by atoms with Crippen molar-refractivity contribution in [3.05, 3.63) is 52.2 Å². The molecule has 1 aromatic heterocycles. The maximum absolute atomic E-state index is 12.4. The van der Waals surface area contributed by atoms with Gasteiger partial charge in [0, 0.05) is 52.5 Å². The topological polar surface area (TPSA) is 38.8 Å². The van der Waals surface area contributed by atoms with Crippen LogP contribution in [-0.4, -0.2) is 69.6 Å². The fourth-order valence-electron chi connectivity index (χ4n) is 3.27. The first-order chi connectivity index (χ1) is 12.5. The highest BCUT2D eigenvalue weighted by Gasteiger charge is 2.24. The normalized spacial score (nSPS) is 17.0. The van der Waals surface area contributed by atoms with Crippen LogP contribution in [0.15, 0.2) is 41.8 Å². The van der Waals surface area contributed by atoms with Crippen molar-refractivity contribution >= 4 is 22.9 Å². The Kier molecular flexibility index (Phi) is 6.29. The van der Waals surface area contributed by atoms with E-state index >= 15 is 0 Å². The molecule has 0 aliphatic carbocycles. The van der Waals surface area contributed by atoms with Crippen LogP contribution in [0.25, 0.3) is 0 Å². The number of carbonyl (C=O) groups is 1. The van der Waals surface area contributed by atoms with Crippen LogP contribution in [0.5, 0.6) is 0 Å². The van der Waals surface area contributed by atoms with Gasteiger partial charge in [-0.3, -0.25) is 9.69 Å². The van der Waals surface area contributed by atoms with E-state index in [-0.39, 0.29) is 11.9 Å². The first-order valence-electron chi connectivity index (χ1n) is 9.06. The molecule has 1 atom stereocenters. The zero-order chi connectivity index (χ0) is 18.5. The molecule has 0 bridgehead atoms. The molecule has 1 aromatic carbocycles. The summed E-state index contributed by atoms with van der Waals surface area (Å²) in [6, 6.07) is 12.7. The molecule has 1 fully saturated rings. The predicted octanol–water partition coefficient (Wildman–Crippen LogP) is 2.53. The smallest absolute Gasteiger partial charge is 0.261 e. The van der Waals surface area contributed by atoms with Gasteiger partial charge in [0.05, 0.1) is 10.9 Å². The first-order valence-corrected chi connectivity index (χ1v) is 9.94. The molecule has 26 heavy (non-hydrogen) atoms. The second-order valence-electron chi connectivity index (χ2n) is 7.03. The van der Waals surface area contributed by atoms with Gasteiger partial charge in [0.2, 0.25) is 0 Å². The molecule has 1 aliphatic heterocycles. The molecule has 1 N–H and O–H groups in total. The van der Waals surface area contributed by atoms with Crippen LogP contribution in [-0.2, 0) is 0 Å². The number of hydrogen-bond acceptors (Lipinski definition) is 5. The Morgan fingerprint density at radius 2 is 1.85 bits per heavy atom. The van der Waals surface area contributed by atoms with Gasteiger partial charge >= 0.3 is 0 Å². The van der Waals surface area contributed by atoms with E-state index in [0.717, 1.165) is 31.1 Å². The molecule has 2 aromatic rings. The van der Waals surface area contributed by atoms with Gasteiger partial charge in [-0.15, -0.1) is 11.3 Å². The van der Waals surface area contributed by atoms with E-state index in [1.165, 1.54) is 22.6 Å². The summed E-state index contributed by atoms with van der Waals surface area (Å²) in [7, 11) is 6.26. The minimum atomic E-state index is 0.0176. The van der Waals surface area contributed by atoms with Crippen molar-refractivity contribution in [2.45, 2.75) is 6.04 Å². The standard InChI is InChI=1S/C20H28N4OS/c1-22(2)17-8-6-16(7-9-17)18(24-12-10-23(3)11-13-24)15-21-20(25)19-5-4-14-26-19/h4-9,14,18H,10-13,15H2,1-3H3,(H,21,25). The van der Waals surface area contributed by atoms with Crippen LogP contribution >= 0.6 is 11.3 Å². The summed E-state index contributed by atoms with van der Waals surface area (Å²) in [6.45, 7) is 4.79. The van der Waals surface area contributed by atoms with E-state index in [1.54, 1.807) is 0 Å². The zero-order valence-corrected chi connectivity index (χ0v) is 16.6. The number of rotatable bonds is 6. The summed E-state index contributed by atoms with van der Waals surface area (Å²) in [4.78, 5) is 20.1. The van der Waals surface area contributed by atoms with E-state index in [9.17, 15) is 4.79 Å². The third-order valence-electron chi connectivity index (χ3n) is 4.97. The van der Waals surface area contributed by atoms with Crippen LogP contribution < -0.4 is 10.2 Å². The number of anilines is 1. The number of nitrogens with one attached hydrogen (secondary N) is 1. The number of nitrogens with zero attached hydrogens (tertiary/aromatic N) is 3. The lowest BCUT2D eigenvalue weighted by atomic mass is 10.0. The van der Waals surface area contributed by atoms with E-state index in [1.807, 2.05) is 31.6 Å². The number of hydrogen-bond donors (Lipinski definition) is 1. The van der Waals surface area contributed by atoms with Crippen LogP contribution in [0.4, 0.5) is 5.69 Å². The minimum Gasteiger partial charge on any atom is -0.378 e. The number of piperazine rings is 1. The van der Waals surface area contributed by atoms with E-state index in [0.29, 0.717) is 6.54 Å². The van der Waals surface area contributed by atoms with E-state index < -0.39 is 0 Å². The van der Waals surface area contributed by atoms with Crippen LogP contribution in [0.2, 0.25) is 0 Å². The van der Waals surface area contributed by atoms with Crippen LogP contribution in [0.1, 0.15) is 21.3 Å².